The van der Waals surface area contributed by atoms with Gasteiger partial charge in [-0.25, -0.2) is 0 Å². The molecule has 1 aromatic carbocycles. The molecule has 0 spiro atoms. The fraction of sp³-hybridized carbons (Fsp3) is 0.286. The number of hydrazone groups is 1. The molecule has 0 heterocycles. The van der Waals surface area contributed by atoms with Crippen LogP contribution in [0.3, 0.4) is 0 Å². The summed E-state index contributed by atoms with van der Waals surface area (Å²) in [6.07, 6.45) is 0.519. The van der Waals surface area contributed by atoms with Gasteiger partial charge in [0.1, 0.15) is 5.71 Å². The van der Waals surface area contributed by atoms with Gasteiger partial charge < -0.3 is 0 Å². The quantitative estimate of drug-likeness (QED) is 0.268. The molecule has 0 radical (unpaired) electrons. The van der Waals surface area contributed by atoms with Gasteiger partial charge >= 0.3 is 0 Å². The van der Waals surface area contributed by atoms with Gasteiger partial charge in [-0.15, -0.1) is 11.8 Å². The third kappa shape index (κ3) is 5.37. The normalized spacial score (nSPS) is 9.45. The summed E-state index contributed by atoms with van der Waals surface area (Å²) in [7, 11) is 0. The van der Waals surface area contributed by atoms with Crippen molar-refractivity contribution in [2.75, 3.05) is 11.2 Å². The lowest BCUT2D eigenvalue weighted by Gasteiger charge is -2.09. The van der Waals surface area contributed by atoms with Crippen LogP contribution in [0.2, 0.25) is 0 Å². The third-order valence-corrected chi connectivity index (χ3v) is 3.78. The van der Waals surface area contributed by atoms with Crippen LogP contribution in [0.15, 0.2) is 34.3 Å². The maximum Gasteiger partial charge on any atom is 0.111 e. The van der Waals surface area contributed by atoms with E-state index in [1.165, 1.54) is 0 Å². The van der Waals surface area contributed by atoms with Crippen molar-refractivity contribution in [3.05, 3.63) is 24.3 Å². The van der Waals surface area contributed by atoms with E-state index in [1.54, 1.807) is 25.6 Å². The van der Waals surface area contributed by atoms with Crippen LogP contribution in [0.5, 0.6) is 0 Å². The Morgan fingerprint density at radius 1 is 1.30 bits per heavy atom. The van der Waals surface area contributed by atoms with Crippen molar-refractivity contribution in [2.45, 2.75) is 25.2 Å². The van der Waals surface area contributed by atoms with E-state index in [4.69, 9.17) is 29.7 Å². The second kappa shape index (κ2) is 8.80. The Hall–Kier alpha value is -1.29. The molecule has 0 unspecified atom stereocenters. The average Bonchev–Trinajstić information content (AvgIpc) is 2.40. The molecule has 1 rings (SSSR count). The zero-order valence-electron chi connectivity index (χ0n) is 11.3. The van der Waals surface area contributed by atoms with Crippen molar-refractivity contribution >= 4 is 57.3 Å². The Morgan fingerprint density at radius 2 is 1.95 bits per heavy atom. The van der Waals surface area contributed by atoms with Crippen LogP contribution in [0.25, 0.3) is 0 Å². The molecule has 0 aliphatic heterocycles. The highest BCUT2D eigenvalue weighted by molar-refractivity contribution is 7.99. The number of nitrogens with one attached hydrogen (secondary N) is 1. The average molecular weight is 321 g/mol. The van der Waals surface area contributed by atoms with Crippen molar-refractivity contribution in [3.8, 4) is 6.07 Å². The first-order valence-electron chi connectivity index (χ1n) is 6.00. The summed E-state index contributed by atoms with van der Waals surface area (Å²) >= 11 is 11.9. The molecule has 6 heteroatoms. The molecule has 0 aromatic heterocycles. The van der Waals surface area contributed by atoms with Crippen molar-refractivity contribution < 1.29 is 0 Å². The fourth-order valence-electron chi connectivity index (χ4n) is 1.41. The minimum atomic E-state index is 0.519. The minimum Gasteiger partial charge on any atom is -0.277 e. The highest BCUT2D eigenvalue weighted by Gasteiger charge is 2.06. The maximum atomic E-state index is 8.58. The van der Waals surface area contributed by atoms with Crippen molar-refractivity contribution in [1.82, 2.24) is 0 Å². The molecule has 0 saturated heterocycles. The first-order valence-corrected chi connectivity index (χ1v) is 7.80. The highest BCUT2D eigenvalue weighted by atomic mass is 32.2. The Morgan fingerprint density at radius 3 is 2.55 bits per heavy atom. The van der Waals surface area contributed by atoms with E-state index in [1.807, 2.05) is 24.3 Å². The summed E-state index contributed by atoms with van der Waals surface area (Å²) in [6.45, 7) is 3.61. The third-order valence-electron chi connectivity index (χ3n) is 2.31. The van der Waals surface area contributed by atoms with Crippen LogP contribution in [-0.4, -0.2) is 21.2 Å². The molecule has 0 bridgehead atoms. The molecule has 1 N–H and O–H groups in total. The zero-order valence-corrected chi connectivity index (χ0v) is 13.8. The lowest BCUT2D eigenvalue weighted by Crippen LogP contribution is -2.17. The summed E-state index contributed by atoms with van der Waals surface area (Å²) in [6, 6.07) is 9.96. The number of hydrogen-bond donors (Lipinski definition) is 1. The van der Waals surface area contributed by atoms with E-state index in [9.17, 15) is 0 Å². The number of nitriles is 1. The minimum absolute atomic E-state index is 0.519. The zero-order chi connectivity index (χ0) is 15.0. The first kappa shape index (κ1) is 16.8. The first-order chi connectivity index (χ1) is 9.56. The largest absolute Gasteiger partial charge is 0.277 e. The van der Waals surface area contributed by atoms with Gasteiger partial charge in [-0.1, -0.05) is 36.6 Å². The van der Waals surface area contributed by atoms with Gasteiger partial charge in [-0.05, 0) is 26.0 Å². The Kier molecular flexibility index (Phi) is 7.37. The monoisotopic (exact) mass is 321 g/mol. The standard InChI is InChI=1S/C14H15N3S3/c1-10(18)14(11(2)19)17-16-12-6-3-4-7-13(12)20-9-5-8-15/h3-4,6-7,16H,5,9H2,1-2H3. The van der Waals surface area contributed by atoms with Crippen molar-refractivity contribution in [3.63, 3.8) is 0 Å². The number of thiocarbonyl (C=S) groups is 2. The number of anilines is 1. The van der Waals surface area contributed by atoms with E-state index in [-0.39, 0.29) is 0 Å². The second-order valence-electron chi connectivity index (χ2n) is 3.94. The SMILES string of the molecule is CC(=S)C(=NNc1ccccc1SCCC#N)C(C)=S. The van der Waals surface area contributed by atoms with Gasteiger partial charge in [0.2, 0.25) is 0 Å². The number of nitrogens with zero attached hydrogens (tertiary/aromatic N) is 2. The van der Waals surface area contributed by atoms with Crippen LogP contribution in [0.1, 0.15) is 20.3 Å². The predicted molar refractivity (Wildman–Crippen MR) is 95.0 cm³/mol. The summed E-state index contributed by atoms with van der Waals surface area (Å²) in [4.78, 5) is 2.38. The van der Waals surface area contributed by atoms with Gasteiger partial charge in [0, 0.05) is 26.8 Å². The second-order valence-corrected chi connectivity index (χ2v) is 6.30. The summed E-state index contributed by atoms with van der Waals surface area (Å²) < 4.78 is 0. The predicted octanol–water partition coefficient (Wildman–Crippen LogP) is 4.24. The molecular formula is C14H15N3S3. The fourth-order valence-corrected chi connectivity index (χ4v) is 2.73. The van der Waals surface area contributed by atoms with Gasteiger partial charge in [0.05, 0.1) is 11.8 Å². The van der Waals surface area contributed by atoms with Gasteiger partial charge in [-0.3, -0.25) is 5.43 Å². The van der Waals surface area contributed by atoms with Crippen LogP contribution < -0.4 is 5.43 Å². The van der Waals surface area contributed by atoms with E-state index < -0.39 is 0 Å². The van der Waals surface area contributed by atoms with Crippen LogP contribution in [-0.2, 0) is 0 Å². The molecule has 0 atom stereocenters. The van der Waals surface area contributed by atoms with E-state index in [0.717, 1.165) is 16.3 Å². The molecule has 3 nitrogen and oxygen atoms in total. The summed E-state index contributed by atoms with van der Waals surface area (Å²) in [5.74, 6) is 0.754. The van der Waals surface area contributed by atoms with Crippen LogP contribution in [0, 0.1) is 11.3 Å². The van der Waals surface area contributed by atoms with E-state index in [2.05, 4.69) is 16.6 Å². The molecule has 0 fully saturated rings. The molecule has 20 heavy (non-hydrogen) atoms. The van der Waals surface area contributed by atoms with E-state index in [0.29, 0.717) is 21.9 Å². The molecular weight excluding hydrogens is 306 g/mol. The highest BCUT2D eigenvalue weighted by Crippen LogP contribution is 2.27. The molecule has 0 amide bonds. The summed E-state index contributed by atoms with van der Waals surface area (Å²) in [5, 5.41) is 12.9. The Balaban J connectivity index is 2.87. The number of thioether (sulfide) groups is 1. The van der Waals surface area contributed by atoms with E-state index >= 15 is 0 Å². The van der Waals surface area contributed by atoms with Crippen LogP contribution in [0.4, 0.5) is 5.69 Å². The Labute approximate surface area is 134 Å². The Bertz CT molecular complexity index is 557. The molecule has 1 aromatic rings. The van der Waals surface area contributed by atoms with Crippen molar-refractivity contribution in [1.29, 1.82) is 5.26 Å². The lowest BCUT2D eigenvalue weighted by molar-refractivity contribution is 1.23. The summed E-state index contributed by atoms with van der Waals surface area (Å²) in [5.41, 5.74) is 4.53. The van der Waals surface area contributed by atoms with Gasteiger partial charge in [-0.2, -0.15) is 10.4 Å². The molecule has 0 aliphatic carbocycles. The van der Waals surface area contributed by atoms with Gasteiger partial charge in [0.25, 0.3) is 0 Å². The number of rotatable bonds is 7. The van der Waals surface area contributed by atoms with Gasteiger partial charge in [0.15, 0.2) is 0 Å². The number of hydrogen-bond acceptors (Lipinski definition) is 6. The molecule has 104 valence electrons. The molecule has 0 saturated carbocycles. The smallest absolute Gasteiger partial charge is 0.111 e. The topological polar surface area (TPSA) is 48.2 Å². The maximum absolute atomic E-state index is 8.58. The number of para-hydroxylation sites is 1. The number of benzene rings is 1. The van der Waals surface area contributed by atoms with Crippen molar-refractivity contribution in [2.24, 2.45) is 5.10 Å². The lowest BCUT2D eigenvalue weighted by atomic mass is 10.2. The molecule has 0 aliphatic rings. The van der Waals surface area contributed by atoms with Crippen LogP contribution >= 0.6 is 36.2 Å².